The van der Waals surface area contributed by atoms with E-state index in [0.717, 1.165) is 75.8 Å². The van der Waals surface area contributed by atoms with Crippen molar-refractivity contribution >= 4 is 17.5 Å². The van der Waals surface area contributed by atoms with E-state index < -0.39 is 0 Å². The normalized spacial score (nSPS) is 18.3. The van der Waals surface area contributed by atoms with Gasteiger partial charge in [-0.2, -0.15) is 0 Å². The van der Waals surface area contributed by atoms with Gasteiger partial charge in [-0.15, -0.1) is 0 Å². The molecule has 2 aliphatic rings. The molecule has 0 saturated carbocycles. The number of pyridine rings is 1. The fourth-order valence-corrected chi connectivity index (χ4v) is 3.37. The molecule has 0 amide bonds. The number of morpholine rings is 1. The van der Waals surface area contributed by atoms with E-state index in [2.05, 4.69) is 35.7 Å². The minimum absolute atomic E-state index is 0.306. The van der Waals surface area contributed by atoms with Crippen molar-refractivity contribution in [3.8, 4) is 0 Å². The van der Waals surface area contributed by atoms with Crippen LogP contribution in [0.15, 0.2) is 24.4 Å². The molecular weight excluding hydrogens is 335 g/mol. The van der Waals surface area contributed by atoms with E-state index in [1.54, 1.807) is 6.07 Å². The number of halogens is 1. The van der Waals surface area contributed by atoms with Crippen LogP contribution in [-0.2, 0) is 4.74 Å². The number of aromatic nitrogens is 3. The van der Waals surface area contributed by atoms with Gasteiger partial charge in [0.25, 0.3) is 0 Å². The van der Waals surface area contributed by atoms with Crippen LogP contribution in [0.2, 0.25) is 0 Å². The fourth-order valence-electron chi connectivity index (χ4n) is 3.37. The van der Waals surface area contributed by atoms with Gasteiger partial charge in [-0.1, -0.05) is 0 Å². The maximum atomic E-state index is 13.1. The van der Waals surface area contributed by atoms with Gasteiger partial charge in [-0.3, -0.25) is 0 Å². The third kappa shape index (κ3) is 3.70. The second kappa shape index (κ2) is 7.41. The Morgan fingerprint density at radius 3 is 2.00 bits per heavy atom. The van der Waals surface area contributed by atoms with Gasteiger partial charge in [0.15, 0.2) is 0 Å². The van der Waals surface area contributed by atoms with Crippen LogP contribution in [-0.4, -0.2) is 67.4 Å². The van der Waals surface area contributed by atoms with Gasteiger partial charge in [-0.05, 0) is 19.1 Å². The third-order valence-corrected chi connectivity index (χ3v) is 4.79. The molecule has 0 aromatic carbocycles. The van der Waals surface area contributed by atoms with E-state index in [1.165, 1.54) is 12.3 Å². The summed E-state index contributed by atoms with van der Waals surface area (Å²) >= 11 is 0. The Hall–Kier alpha value is -2.48. The monoisotopic (exact) mass is 358 g/mol. The lowest BCUT2D eigenvalue weighted by atomic mass is 10.3. The zero-order valence-electron chi connectivity index (χ0n) is 14.9. The maximum absolute atomic E-state index is 13.1. The van der Waals surface area contributed by atoms with Crippen LogP contribution < -0.4 is 14.7 Å². The van der Waals surface area contributed by atoms with E-state index in [1.807, 2.05) is 6.92 Å². The maximum Gasteiger partial charge on any atom is 0.141 e. The molecule has 0 bridgehead atoms. The summed E-state index contributed by atoms with van der Waals surface area (Å²) in [4.78, 5) is 20.1. The quantitative estimate of drug-likeness (QED) is 0.824. The highest BCUT2D eigenvalue weighted by Crippen LogP contribution is 2.22. The molecular formula is C18H23FN6O. The van der Waals surface area contributed by atoms with Gasteiger partial charge in [0, 0.05) is 45.3 Å². The van der Waals surface area contributed by atoms with Gasteiger partial charge in [-0.25, -0.2) is 19.3 Å². The molecule has 2 aliphatic heterocycles. The molecule has 4 rings (SSSR count). The number of anilines is 3. The Morgan fingerprint density at radius 2 is 1.42 bits per heavy atom. The summed E-state index contributed by atoms with van der Waals surface area (Å²) in [7, 11) is 0. The van der Waals surface area contributed by atoms with Crippen molar-refractivity contribution in [3.05, 3.63) is 36.0 Å². The minimum Gasteiger partial charge on any atom is -0.378 e. The van der Waals surface area contributed by atoms with Crippen molar-refractivity contribution in [3.63, 3.8) is 0 Å². The van der Waals surface area contributed by atoms with Crippen molar-refractivity contribution in [1.82, 2.24) is 15.0 Å². The molecule has 0 atom stereocenters. The minimum atomic E-state index is -0.306. The van der Waals surface area contributed by atoms with Crippen LogP contribution in [0.5, 0.6) is 0 Å². The summed E-state index contributed by atoms with van der Waals surface area (Å²) in [5.74, 6) is 3.23. The number of hydrogen-bond acceptors (Lipinski definition) is 7. The molecule has 4 heterocycles. The number of hydrogen-bond donors (Lipinski definition) is 0. The predicted octanol–water partition coefficient (Wildman–Crippen LogP) is 1.48. The smallest absolute Gasteiger partial charge is 0.141 e. The number of aryl methyl sites for hydroxylation is 1. The summed E-state index contributed by atoms with van der Waals surface area (Å²) in [6, 6.07) is 5.26. The number of nitrogens with zero attached hydrogens (tertiary/aromatic N) is 6. The van der Waals surface area contributed by atoms with Crippen LogP contribution in [0, 0.1) is 12.7 Å². The van der Waals surface area contributed by atoms with Gasteiger partial charge < -0.3 is 19.4 Å². The Labute approximate surface area is 152 Å². The molecule has 2 aromatic rings. The van der Waals surface area contributed by atoms with Gasteiger partial charge >= 0.3 is 0 Å². The van der Waals surface area contributed by atoms with Crippen LogP contribution in [0.25, 0.3) is 0 Å². The summed E-state index contributed by atoms with van der Waals surface area (Å²) in [5, 5.41) is 0. The van der Waals surface area contributed by atoms with Crippen molar-refractivity contribution in [2.45, 2.75) is 6.92 Å². The average molecular weight is 358 g/mol. The lowest BCUT2D eigenvalue weighted by molar-refractivity contribution is 0.122. The highest BCUT2D eigenvalue weighted by atomic mass is 19.1. The fraction of sp³-hybridized carbons (Fsp3) is 0.500. The van der Waals surface area contributed by atoms with Crippen molar-refractivity contribution in [2.24, 2.45) is 0 Å². The highest BCUT2D eigenvalue weighted by Gasteiger charge is 2.21. The average Bonchev–Trinajstić information content (AvgIpc) is 2.69. The van der Waals surface area contributed by atoms with E-state index in [0.29, 0.717) is 0 Å². The number of piperazine rings is 1. The molecule has 7 nitrogen and oxygen atoms in total. The zero-order chi connectivity index (χ0) is 17.9. The lowest BCUT2D eigenvalue weighted by Crippen LogP contribution is -2.47. The number of ether oxygens (including phenoxy) is 1. The standard InChI is InChI=1S/C18H23FN6O/c1-14-21-17(12-18(22-14)25-8-10-26-11-9-25)24-6-4-23(5-7-24)16-3-2-15(19)13-20-16/h2-3,12-13H,4-11H2,1H3. The van der Waals surface area contributed by atoms with Crippen molar-refractivity contribution in [1.29, 1.82) is 0 Å². The topological polar surface area (TPSA) is 57.6 Å². The molecule has 0 spiro atoms. The van der Waals surface area contributed by atoms with E-state index >= 15 is 0 Å². The predicted molar refractivity (Wildman–Crippen MR) is 98.4 cm³/mol. The summed E-state index contributed by atoms with van der Waals surface area (Å²) in [5.41, 5.74) is 0. The SMILES string of the molecule is Cc1nc(N2CCOCC2)cc(N2CCN(c3ccc(F)cn3)CC2)n1. The van der Waals surface area contributed by atoms with Crippen LogP contribution in [0.3, 0.4) is 0 Å². The van der Waals surface area contributed by atoms with Crippen LogP contribution in [0.1, 0.15) is 5.82 Å². The van der Waals surface area contributed by atoms with Gasteiger partial charge in [0.1, 0.15) is 29.1 Å². The first-order valence-corrected chi connectivity index (χ1v) is 8.99. The second-order valence-corrected chi connectivity index (χ2v) is 6.54. The molecule has 2 aromatic heterocycles. The molecule has 0 aliphatic carbocycles. The van der Waals surface area contributed by atoms with Crippen LogP contribution >= 0.6 is 0 Å². The Morgan fingerprint density at radius 1 is 0.846 bits per heavy atom. The largest absolute Gasteiger partial charge is 0.378 e. The Bertz CT molecular complexity index is 742. The molecule has 0 N–H and O–H groups in total. The molecule has 0 unspecified atom stereocenters. The Balaban J connectivity index is 1.45. The van der Waals surface area contributed by atoms with E-state index in [-0.39, 0.29) is 5.82 Å². The van der Waals surface area contributed by atoms with E-state index in [9.17, 15) is 4.39 Å². The van der Waals surface area contributed by atoms with Crippen LogP contribution in [0.4, 0.5) is 21.8 Å². The molecule has 2 fully saturated rings. The van der Waals surface area contributed by atoms with Gasteiger partial charge in [0.2, 0.25) is 0 Å². The highest BCUT2D eigenvalue weighted by molar-refractivity contribution is 5.52. The summed E-state index contributed by atoms with van der Waals surface area (Å²) < 4.78 is 18.5. The number of rotatable bonds is 3. The molecule has 8 heteroatoms. The Kier molecular flexibility index (Phi) is 4.83. The second-order valence-electron chi connectivity index (χ2n) is 6.54. The third-order valence-electron chi connectivity index (χ3n) is 4.79. The molecule has 138 valence electrons. The van der Waals surface area contributed by atoms with Crippen molar-refractivity contribution in [2.75, 3.05) is 67.2 Å². The summed E-state index contributed by atoms with van der Waals surface area (Å²) in [6.45, 7) is 8.48. The summed E-state index contributed by atoms with van der Waals surface area (Å²) in [6.07, 6.45) is 1.27. The first kappa shape index (κ1) is 17.0. The molecule has 2 saturated heterocycles. The molecule has 26 heavy (non-hydrogen) atoms. The first-order valence-electron chi connectivity index (χ1n) is 8.99. The van der Waals surface area contributed by atoms with Gasteiger partial charge in [0.05, 0.1) is 19.4 Å². The first-order chi connectivity index (χ1) is 12.7. The lowest BCUT2D eigenvalue weighted by Gasteiger charge is -2.36. The van der Waals surface area contributed by atoms with E-state index in [4.69, 9.17) is 4.74 Å². The zero-order valence-corrected chi connectivity index (χ0v) is 14.9. The van der Waals surface area contributed by atoms with Crippen molar-refractivity contribution < 1.29 is 9.13 Å². The molecule has 0 radical (unpaired) electrons.